The molecule has 134 valence electrons. The molecule has 2 N–H and O–H groups in total. The molecule has 0 spiro atoms. The number of nitrogens with one attached hydrogen (secondary N) is 1. The highest BCUT2D eigenvalue weighted by Crippen LogP contribution is 2.31. The Hall–Kier alpha value is -3.03. The van der Waals surface area contributed by atoms with E-state index in [2.05, 4.69) is 15.3 Å². The van der Waals surface area contributed by atoms with Crippen LogP contribution in [0.4, 0.5) is 17.3 Å². The van der Waals surface area contributed by atoms with E-state index < -0.39 is 11.9 Å². The zero-order valence-electron chi connectivity index (χ0n) is 14.7. The fourth-order valence-electron chi connectivity index (χ4n) is 2.25. The van der Waals surface area contributed by atoms with E-state index in [1.807, 2.05) is 12.1 Å². The molecule has 1 unspecified atom stereocenters. The average Bonchev–Trinajstić information content (AvgIpc) is 2.62. The van der Waals surface area contributed by atoms with Crippen LogP contribution in [0.25, 0.3) is 0 Å². The monoisotopic (exact) mass is 346 g/mol. The molecule has 25 heavy (non-hydrogen) atoms. The van der Waals surface area contributed by atoms with Crippen LogP contribution < -0.4 is 19.7 Å². The lowest BCUT2D eigenvalue weighted by Gasteiger charge is -2.20. The highest BCUT2D eigenvalue weighted by atomic mass is 16.5. The summed E-state index contributed by atoms with van der Waals surface area (Å²) in [5.74, 6) is 1.15. The molecule has 0 amide bonds. The third-order valence-electron chi connectivity index (χ3n) is 3.68. The number of nitrogens with zero attached hydrogens (tertiary/aromatic N) is 3. The van der Waals surface area contributed by atoms with Crippen molar-refractivity contribution in [3.8, 4) is 11.5 Å². The molecular weight excluding hydrogens is 324 g/mol. The van der Waals surface area contributed by atoms with Crippen molar-refractivity contribution in [2.45, 2.75) is 6.92 Å². The number of benzene rings is 1. The predicted molar refractivity (Wildman–Crippen MR) is 94.9 cm³/mol. The Kier molecular flexibility index (Phi) is 5.99. The zero-order chi connectivity index (χ0) is 18.4. The standard InChI is InChI=1S/C17H22N4O4/c1-11(17(22)23)9-21(2)16-8-15(18-10-19-16)20-13-6-5-12(24-3)7-14(13)25-4/h5-8,10-11H,9H2,1-4H3,(H,22,23)(H,18,19,20). The number of ether oxygens (including phenoxy) is 2. The minimum atomic E-state index is -0.845. The summed E-state index contributed by atoms with van der Waals surface area (Å²) >= 11 is 0. The molecule has 0 saturated carbocycles. The van der Waals surface area contributed by atoms with Crippen molar-refractivity contribution in [1.82, 2.24) is 9.97 Å². The Morgan fingerprint density at radius 2 is 2.04 bits per heavy atom. The van der Waals surface area contributed by atoms with Crippen LogP contribution in [-0.4, -0.2) is 48.9 Å². The molecule has 2 rings (SSSR count). The van der Waals surface area contributed by atoms with Gasteiger partial charge in [0, 0.05) is 25.7 Å². The van der Waals surface area contributed by atoms with Crippen LogP contribution in [0, 0.1) is 5.92 Å². The zero-order valence-corrected chi connectivity index (χ0v) is 14.7. The third-order valence-corrected chi connectivity index (χ3v) is 3.68. The first-order valence-corrected chi connectivity index (χ1v) is 7.69. The maximum atomic E-state index is 11.0. The van der Waals surface area contributed by atoms with Gasteiger partial charge in [0.05, 0.1) is 25.8 Å². The number of rotatable bonds is 8. The third kappa shape index (κ3) is 4.72. The van der Waals surface area contributed by atoms with Crippen molar-refractivity contribution in [3.63, 3.8) is 0 Å². The maximum Gasteiger partial charge on any atom is 0.308 e. The quantitative estimate of drug-likeness (QED) is 0.752. The van der Waals surface area contributed by atoms with Gasteiger partial charge in [0.25, 0.3) is 0 Å². The Balaban J connectivity index is 2.18. The normalized spacial score (nSPS) is 11.5. The van der Waals surface area contributed by atoms with Crippen molar-refractivity contribution in [2.75, 3.05) is 38.0 Å². The largest absolute Gasteiger partial charge is 0.497 e. The molecule has 0 aliphatic heterocycles. The second-order valence-electron chi connectivity index (χ2n) is 5.57. The maximum absolute atomic E-state index is 11.0. The molecule has 2 aromatic rings. The van der Waals surface area contributed by atoms with E-state index in [1.54, 1.807) is 45.2 Å². The number of hydrogen-bond acceptors (Lipinski definition) is 7. The number of hydrogen-bond donors (Lipinski definition) is 2. The number of aromatic nitrogens is 2. The number of anilines is 3. The Labute approximate surface area is 146 Å². The van der Waals surface area contributed by atoms with Crippen molar-refractivity contribution < 1.29 is 19.4 Å². The summed E-state index contributed by atoms with van der Waals surface area (Å²) in [4.78, 5) is 21.2. The fraction of sp³-hybridized carbons (Fsp3) is 0.353. The second-order valence-corrected chi connectivity index (χ2v) is 5.57. The summed E-state index contributed by atoms with van der Waals surface area (Å²) < 4.78 is 10.5. The SMILES string of the molecule is COc1ccc(Nc2cc(N(C)CC(C)C(=O)O)ncn2)c(OC)c1. The number of carbonyl (C=O) groups is 1. The highest BCUT2D eigenvalue weighted by Gasteiger charge is 2.15. The van der Waals surface area contributed by atoms with Gasteiger partial charge in [-0.2, -0.15) is 0 Å². The Morgan fingerprint density at radius 3 is 2.68 bits per heavy atom. The summed E-state index contributed by atoms with van der Waals surface area (Å²) in [6, 6.07) is 7.16. The molecule has 8 nitrogen and oxygen atoms in total. The summed E-state index contributed by atoms with van der Waals surface area (Å²) in [7, 11) is 4.96. The van der Waals surface area contributed by atoms with Gasteiger partial charge in [0.2, 0.25) is 0 Å². The lowest BCUT2D eigenvalue weighted by Crippen LogP contribution is -2.29. The second kappa shape index (κ2) is 8.18. The van der Waals surface area contributed by atoms with Gasteiger partial charge in [0.15, 0.2) is 0 Å². The molecule has 1 atom stereocenters. The van der Waals surface area contributed by atoms with E-state index in [0.717, 1.165) is 5.69 Å². The van der Waals surface area contributed by atoms with Gasteiger partial charge in [-0.25, -0.2) is 9.97 Å². The van der Waals surface area contributed by atoms with Gasteiger partial charge in [-0.1, -0.05) is 6.92 Å². The van der Waals surface area contributed by atoms with Crippen molar-refractivity contribution >= 4 is 23.3 Å². The molecule has 8 heteroatoms. The van der Waals surface area contributed by atoms with Crippen molar-refractivity contribution in [1.29, 1.82) is 0 Å². The minimum Gasteiger partial charge on any atom is -0.497 e. The number of methoxy groups -OCH3 is 2. The van der Waals surface area contributed by atoms with Crippen LogP contribution in [0.15, 0.2) is 30.6 Å². The topological polar surface area (TPSA) is 96.8 Å². The molecule has 0 aliphatic rings. The molecular formula is C17H22N4O4. The first-order chi connectivity index (χ1) is 11.9. The van der Waals surface area contributed by atoms with Crippen LogP contribution in [0.1, 0.15) is 6.92 Å². The molecule has 0 radical (unpaired) electrons. The van der Waals surface area contributed by atoms with E-state index in [4.69, 9.17) is 14.6 Å². The minimum absolute atomic E-state index is 0.345. The molecule has 0 saturated heterocycles. The number of carboxylic acids is 1. The van der Waals surface area contributed by atoms with E-state index in [9.17, 15) is 4.79 Å². The fourth-order valence-corrected chi connectivity index (χ4v) is 2.25. The number of carboxylic acid groups (broad SMARTS) is 1. The lowest BCUT2D eigenvalue weighted by molar-refractivity contribution is -0.140. The molecule has 1 heterocycles. The van der Waals surface area contributed by atoms with Crippen LogP contribution in [0.3, 0.4) is 0 Å². The van der Waals surface area contributed by atoms with Crippen molar-refractivity contribution in [3.05, 3.63) is 30.6 Å². The van der Waals surface area contributed by atoms with Gasteiger partial charge >= 0.3 is 5.97 Å². The first kappa shape index (κ1) is 18.3. The smallest absolute Gasteiger partial charge is 0.308 e. The number of aliphatic carboxylic acids is 1. The van der Waals surface area contributed by atoms with Crippen LogP contribution >= 0.6 is 0 Å². The van der Waals surface area contributed by atoms with Crippen LogP contribution in [-0.2, 0) is 4.79 Å². The summed E-state index contributed by atoms with van der Waals surface area (Å²) in [6.45, 7) is 2.00. The molecule has 0 fully saturated rings. The highest BCUT2D eigenvalue weighted by molar-refractivity contribution is 5.70. The summed E-state index contributed by atoms with van der Waals surface area (Å²) in [5.41, 5.74) is 0.731. The molecule has 1 aromatic heterocycles. The van der Waals surface area contributed by atoms with E-state index >= 15 is 0 Å². The lowest BCUT2D eigenvalue weighted by atomic mass is 10.2. The van der Waals surface area contributed by atoms with Gasteiger partial charge in [0.1, 0.15) is 29.5 Å². The van der Waals surface area contributed by atoms with E-state index in [1.165, 1.54) is 6.33 Å². The Bertz CT molecular complexity index is 738. The van der Waals surface area contributed by atoms with Gasteiger partial charge in [-0.15, -0.1) is 0 Å². The van der Waals surface area contributed by atoms with Crippen LogP contribution in [0.5, 0.6) is 11.5 Å². The summed E-state index contributed by atoms with van der Waals surface area (Å²) in [5, 5.41) is 12.2. The summed E-state index contributed by atoms with van der Waals surface area (Å²) in [6.07, 6.45) is 1.43. The molecule has 1 aromatic carbocycles. The van der Waals surface area contributed by atoms with E-state index in [0.29, 0.717) is 29.7 Å². The first-order valence-electron chi connectivity index (χ1n) is 7.69. The van der Waals surface area contributed by atoms with Crippen LogP contribution in [0.2, 0.25) is 0 Å². The van der Waals surface area contributed by atoms with E-state index in [-0.39, 0.29) is 0 Å². The van der Waals surface area contributed by atoms with Gasteiger partial charge in [-0.05, 0) is 12.1 Å². The van der Waals surface area contributed by atoms with Gasteiger partial charge < -0.3 is 24.8 Å². The van der Waals surface area contributed by atoms with Crippen molar-refractivity contribution in [2.24, 2.45) is 5.92 Å². The average molecular weight is 346 g/mol. The molecule has 0 aliphatic carbocycles. The van der Waals surface area contributed by atoms with Gasteiger partial charge in [-0.3, -0.25) is 4.79 Å². The Morgan fingerprint density at radius 1 is 1.28 bits per heavy atom. The predicted octanol–water partition coefficient (Wildman–Crippen LogP) is 2.39. The molecule has 0 bridgehead atoms.